The van der Waals surface area contributed by atoms with Crippen LogP contribution < -0.4 is 10.1 Å². The minimum absolute atomic E-state index is 0.406. The number of amidine groups is 1. The molecule has 0 radical (unpaired) electrons. The quantitative estimate of drug-likeness (QED) is 0.784. The van der Waals surface area contributed by atoms with E-state index >= 15 is 0 Å². The summed E-state index contributed by atoms with van der Waals surface area (Å²) in [6.07, 6.45) is 0. The van der Waals surface area contributed by atoms with E-state index in [0.29, 0.717) is 12.0 Å². The van der Waals surface area contributed by atoms with E-state index in [4.69, 9.17) is 9.73 Å². The van der Waals surface area contributed by atoms with Crippen LogP contribution in [-0.4, -0.2) is 24.1 Å². The minimum Gasteiger partial charge on any atom is -0.495 e. The number of hydrogen-bond acceptors (Lipinski definition) is 4. The molecule has 19 heavy (non-hydrogen) atoms. The summed E-state index contributed by atoms with van der Waals surface area (Å²) in [7, 11) is 1.66. The Morgan fingerprint density at radius 3 is 2.68 bits per heavy atom. The Hall–Kier alpha value is -0.200. The second kappa shape index (κ2) is 6.50. The molecule has 1 aliphatic heterocycles. The van der Waals surface area contributed by atoms with Crippen LogP contribution >= 0.6 is 43.6 Å². The predicted octanol–water partition coefficient (Wildman–Crippen LogP) is 4.76. The lowest BCUT2D eigenvalue weighted by Gasteiger charge is -2.11. The van der Waals surface area contributed by atoms with Gasteiger partial charge >= 0.3 is 0 Å². The van der Waals surface area contributed by atoms with E-state index in [9.17, 15) is 0 Å². The van der Waals surface area contributed by atoms with E-state index < -0.39 is 0 Å². The van der Waals surface area contributed by atoms with Crippen molar-refractivity contribution < 1.29 is 4.74 Å². The van der Waals surface area contributed by atoms with Crippen molar-refractivity contribution >= 4 is 54.5 Å². The standard InChI is InChI=1S/C13H16Br2N2OS/c1-7(2)11-6-19-13(17-11)16-10-5-12(18-3)9(15)4-8(10)14/h4-5,7,11H,6H2,1-3H3,(H,16,17). The van der Waals surface area contributed by atoms with E-state index in [1.54, 1.807) is 18.9 Å². The molecule has 1 heterocycles. The first kappa shape index (κ1) is 15.2. The summed E-state index contributed by atoms with van der Waals surface area (Å²) >= 11 is 8.78. The third kappa shape index (κ3) is 3.67. The molecule has 1 aromatic carbocycles. The Morgan fingerprint density at radius 2 is 2.11 bits per heavy atom. The number of ether oxygens (including phenoxy) is 1. The van der Waals surface area contributed by atoms with E-state index in [-0.39, 0.29) is 0 Å². The topological polar surface area (TPSA) is 33.6 Å². The second-order valence-electron chi connectivity index (χ2n) is 4.65. The van der Waals surface area contributed by atoms with Gasteiger partial charge in [0.15, 0.2) is 5.17 Å². The fourth-order valence-corrected chi connectivity index (χ4v) is 4.13. The van der Waals surface area contributed by atoms with Gasteiger partial charge in [-0.05, 0) is 43.8 Å². The van der Waals surface area contributed by atoms with E-state index in [1.165, 1.54) is 0 Å². The lowest BCUT2D eigenvalue weighted by atomic mass is 10.1. The van der Waals surface area contributed by atoms with Gasteiger partial charge in [0.25, 0.3) is 0 Å². The maximum atomic E-state index is 5.31. The Morgan fingerprint density at radius 1 is 1.37 bits per heavy atom. The predicted molar refractivity (Wildman–Crippen MR) is 90.5 cm³/mol. The average Bonchev–Trinajstić information content (AvgIpc) is 2.81. The van der Waals surface area contributed by atoms with Crippen molar-refractivity contribution in [3.8, 4) is 5.75 Å². The van der Waals surface area contributed by atoms with Crippen LogP contribution in [0.1, 0.15) is 13.8 Å². The highest BCUT2D eigenvalue weighted by molar-refractivity contribution is 9.11. The van der Waals surface area contributed by atoms with Gasteiger partial charge in [-0.15, -0.1) is 0 Å². The van der Waals surface area contributed by atoms with Gasteiger partial charge in [0.05, 0.1) is 23.3 Å². The second-order valence-corrected chi connectivity index (χ2v) is 7.37. The minimum atomic E-state index is 0.406. The highest BCUT2D eigenvalue weighted by Gasteiger charge is 2.21. The first-order chi connectivity index (χ1) is 9.01. The zero-order chi connectivity index (χ0) is 14.0. The summed E-state index contributed by atoms with van der Waals surface area (Å²) in [6, 6.07) is 4.34. The molecular weight excluding hydrogens is 392 g/mol. The van der Waals surface area contributed by atoms with Crippen molar-refractivity contribution in [2.24, 2.45) is 10.9 Å². The number of hydrogen-bond donors (Lipinski definition) is 1. The molecule has 6 heteroatoms. The van der Waals surface area contributed by atoms with Gasteiger partial charge in [-0.25, -0.2) is 0 Å². The summed E-state index contributed by atoms with van der Waals surface area (Å²) in [5.74, 6) is 2.43. The van der Waals surface area contributed by atoms with Crippen LogP contribution in [0, 0.1) is 5.92 Å². The van der Waals surface area contributed by atoms with Gasteiger partial charge in [-0.2, -0.15) is 0 Å². The normalized spacial score (nSPS) is 18.6. The summed E-state index contributed by atoms with van der Waals surface area (Å²) < 4.78 is 7.22. The molecule has 1 atom stereocenters. The molecule has 0 aromatic heterocycles. The van der Waals surface area contributed by atoms with Crippen LogP contribution in [0.3, 0.4) is 0 Å². The number of rotatable bonds is 3. The number of thioether (sulfide) groups is 1. The fourth-order valence-electron chi connectivity index (χ4n) is 1.70. The summed E-state index contributed by atoms with van der Waals surface area (Å²) in [5.41, 5.74) is 0.968. The lowest BCUT2D eigenvalue weighted by Crippen LogP contribution is -2.12. The molecule has 0 fully saturated rings. The van der Waals surface area contributed by atoms with Crippen LogP contribution in [0.15, 0.2) is 26.1 Å². The zero-order valence-electron chi connectivity index (χ0n) is 11.0. The van der Waals surface area contributed by atoms with Crippen LogP contribution in [0.5, 0.6) is 5.75 Å². The molecule has 1 N–H and O–H groups in total. The van der Waals surface area contributed by atoms with Crippen molar-refractivity contribution in [3.63, 3.8) is 0 Å². The van der Waals surface area contributed by atoms with Crippen molar-refractivity contribution in [2.75, 3.05) is 18.2 Å². The Kier molecular flexibility index (Phi) is 5.20. The van der Waals surface area contributed by atoms with E-state index in [1.807, 2.05) is 12.1 Å². The molecule has 2 rings (SSSR count). The molecular formula is C13H16Br2N2OS. The highest BCUT2D eigenvalue weighted by atomic mass is 79.9. The number of nitrogens with one attached hydrogen (secondary N) is 1. The van der Waals surface area contributed by atoms with Gasteiger partial charge in [0.1, 0.15) is 5.75 Å². The fraction of sp³-hybridized carbons (Fsp3) is 0.462. The molecule has 0 bridgehead atoms. The molecule has 1 aliphatic rings. The van der Waals surface area contributed by atoms with Crippen molar-refractivity contribution in [2.45, 2.75) is 19.9 Å². The van der Waals surface area contributed by atoms with Crippen LogP contribution in [0.25, 0.3) is 0 Å². The largest absolute Gasteiger partial charge is 0.495 e. The summed E-state index contributed by atoms with van der Waals surface area (Å²) in [4.78, 5) is 4.70. The highest BCUT2D eigenvalue weighted by Crippen LogP contribution is 2.35. The van der Waals surface area contributed by atoms with Crippen molar-refractivity contribution in [1.29, 1.82) is 0 Å². The number of halogens is 2. The molecule has 3 nitrogen and oxygen atoms in total. The van der Waals surface area contributed by atoms with Crippen molar-refractivity contribution in [1.82, 2.24) is 0 Å². The monoisotopic (exact) mass is 406 g/mol. The van der Waals surface area contributed by atoms with E-state index in [0.717, 1.165) is 31.3 Å². The van der Waals surface area contributed by atoms with Crippen molar-refractivity contribution in [3.05, 3.63) is 21.1 Å². The molecule has 0 amide bonds. The number of anilines is 1. The van der Waals surface area contributed by atoms with Crippen LogP contribution in [0.4, 0.5) is 5.69 Å². The molecule has 0 saturated carbocycles. The Balaban J connectivity index is 2.18. The molecule has 104 valence electrons. The third-order valence-electron chi connectivity index (χ3n) is 2.93. The van der Waals surface area contributed by atoms with Gasteiger partial charge in [0, 0.05) is 16.3 Å². The first-order valence-corrected chi connectivity index (χ1v) is 8.59. The molecule has 0 aliphatic carbocycles. The smallest absolute Gasteiger partial charge is 0.161 e. The summed E-state index contributed by atoms with van der Waals surface area (Å²) in [6.45, 7) is 4.41. The van der Waals surface area contributed by atoms with E-state index in [2.05, 4.69) is 51.0 Å². The summed E-state index contributed by atoms with van der Waals surface area (Å²) in [5, 5.41) is 4.34. The SMILES string of the molecule is COc1cc(NC2=NC(C(C)C)CS2)c(Br)cc1Br. The first-order valence-electron chi connectivity index (χ1n) is 6.02. The number of aliphatic imine (C=N–C) groups is 1. The van der Waals surface area contributed by atoms with Gasteiger partial charge < -0.3 is 10.1 Å². The lowest BCUT2D eigenvalue weighted by molar-refractivity contribution is 0.412. The van der Waals surface area contributed by atoms with Crippen LogP contribution in [-0.2, 0) is 0 Å². The number of methoxy groups -OCH3 is 1. The molecule has 1 aromatic rings. The number of nitrogens with zero attached hydrogens (tertiary/aromatic N) is 1. The van der Waals surface area contributed by atoms with Crippen LogP contribution in [0.2, 0.25) is 0 Å². The van der Waals surface area contributed by atoms with Gasteiger partial charge in [0.2, 0.25) is 0 Å². The molecule has 1 unspecified atom stereocenters. The maximum Gasteiger partial charge on any atom is 0.161 e. The third-order valence-corrected chi connectivity index (χ3v) is 5.19. The molecule has 0 saturated heterocycles. The maximum absolute atomic E-state index is 5.31. The van der Waals surface area contributed by atoms with Gasteiger partial charge in [-0.1, -0.05) is 25.6 Å². The Bertz CT molecular complexity index is 506. The Labute approximate surface area is 134 Å². The average molecular weight is 408 g/mol. The zero-order valence-corrected chi connectivity index (χ0v) is 15.0. The molecule has 0 spiro atoms. The van der Waals surface area contributed by atoms with Gasteiger partial charge in [-0.3, -0.25) is 4.99 Å². The number of benzene rings is 1.